The van der Waals surface area contributed by atoms with E-state index in [9.17, 15) is 0 Å². The maximum atomic E-state index is 4.73. The zero-order valence-corrected chi connectivity index (χ0v) is 4.61. The number of rotatable bonds is 2. The Bertz CT molecular complexity index is 30.0. The highest BCUT2D eigenvalue weighted by Gasteiger charge is 1.90. The summed E-state index contributed by atoms with van der Waals surface area (Å²) in [6.45, 7) is 1.85. The van der Waals surface area contributed by atoms with Crippen molar-refractivity contribution in [3.05, 3.63) is 0 Å². The largest absolute Gasteiger partial charge is 0.301 e. The van der Waals surface area contributed by atoms with Crippen molar-refractivity contribution in [2.24, 2.45) is 5.90 Å². The minimum atomic E-state index is 0.0772. The molecule has 38 valence electrons. The lowest BCUT2D eigenvalue weighted by atomic mass is 10.5. The Hall–Kier alpha value is 0.270. The SMILES string of the molecule is C[C@H](CS)ON. The maximum absolute atomic E-state index is 4.73. The van der Waals surface area contributed by atoms with Gasteiger partial charge in [0.25, 0.3) is 0 Å². The van der Waals surface area contributed by atoms with Crippen molar-refractivity contribution in [3.8, 4) is 0 Å². The first-order chi connectivity index (χ1) is 2.81. The molecule has 0 aromatic rings. The molecule has 0 unspecified atom stereocenters. The smallest absolute Gasteiger partial charge is 0.0846 e. The van der Waals surface area contributed by atoms with E-state index in [4.69, 9.17) is 5.90 Å². The number of nitrogens with two attached hydrogens (primary N) is 1. The van der Waals surface area contributed by atoms with E-state index in [1.54, 1.807) is 0 Å². The van der Waals surface area contributed by atoms with Gasteiger partial charge < -0.3 is 4.84 Å². The van der Waals surface area contributed by atoms with Crippen molar-refractivity contribution >= 4 is 12.6 Å². The van der Waals surface area contributed by atoms with Gasteiger partial charge in [-0.15, -0.1) is 0 Å². The molecule has 0 rings (SSSR count). The molecule has 0 bridgehead atoms. The molecule has 2 nitrogen and oxygen atoms in total. The minimum absolute atomic E-state index is 0.0772. The second kappa shape index (κ2) is 3.46. The fraction of sp³-hybridized carbons (Fsp3) is 1.00. The molecule has 0 spiro atoms. The van der Waals surface area contributed by atoms with Crippen LogP contribution >= 0.6 is 12.6 Å². The summed E-state index contributed by atoms with van der Waals surface area (Å²) in [5.74, 6) is 5.41. The Morgan fingerprint density at radius 1 is 2.00 bits per heavy atom. The van der Waals surface area contributed by atoms with Crippen molar-refractivity contribution in [1.82, 2.24) is 0 Å². The van der Waals surface area contributed by atoms with Crippen LogP contribution in [0.3, 0.4) is 0 Å². The van der Waals surface area contributed by atoms with Crippen LogP contribution in [0.1, 0.15) is 6.92 Å². The summed E-state index contributed by atoms with van der Waals surface area (Å²) in [6, 6.07) is 0. The first kappa shape index (κ1) is 6.27. The summed E-state index contributed by atoms with van der Waals surface area (Å²) in [4.78, 5) is 4.32. The molecule has 0 heterocycles. The van der Waals surface area contributed by atoms with E-state index in [1.165, 1.54) is 0 Å². The average Bonchev–Trinajstić information content (AvgIpc) is 1.65. The van der Waals surface area contributed by atoms with Gasteiger partial charge in [0.05, 0.1) is 6.10 Å². The third-order valence-electron chi connectivity index (χ3n) is 0.489. The van der Waals surface area contributed by atoms with Gasteiger partial charge in [0.1, 0.15) is 0 Å². The summed E-state index contributed by atoms with van der Waals surface area (Å²) < 4.78 is 0. The predicted octanol–water partition coefficient (Wildman–Crippen LogP) is 0.195. The maximum Gasteiger partial charge on any atom is 0.0846 e. The highest BCUT2D eigenvalue weighted by atomic mass is 32.1. The van der Waals surface area contributed by atoms with E-state index >= 15 is 0 Å². The van der Waals surface area contributed by atoms with Crippen LogP contribution in [0.15, 0.2) is 0 Å². The molecule has 0 aliphatic rings. The Labute approximate surface area is 43.0 Å². The number of thiol groups is 1. The monoisotopic (exact) mass is 107 g/mol. The molecular formula is C3H9NOS. The van der Waals surface area contributed by atoms with Crippen LogP contribution in [0.4, 0.5) is 0 Å². The normalized spacial score (nSPS) is 14.5. The molecule has 0 aliphatic heterocycles. The zero-order chi connectivity index (χ0) is 4.99. The molecule has 0 amide bonds. The Morgan fingerprint density at radius 3 is 2.50 bits per heavy atom. The van der Waals surface area contributed by atoms with Crippen LogP contribution in [-0.2, 0) is 4.84 Å². The van der Waals surface area contributed by atoms with Gasteiger partial charge in [-0.3, -0.25) is 0 Å². The molecule has 0 saturated carbocycles. The topological polar surface area (TPSA) is 35.2 Å². The molecule has 0 aliphatic carbocycles. The van der Waals surface area contributed by atoms with Gasteiger partial charge in [-0.1, -0.05) is 0 Å². The molecule has 3 heteroatoms. The Morgan fingerprint density at radius 2 is 2.50 bits per heavy atom. The molecule has 2 N–H and O–H groups in total. The molecule has 6 heavy (non-hydrogen) atoms. The zero-order valence-electron chi connectivity index (χ0n) is 3.72. The molecule has 0 radical (unpaired) electrons. The lowest BCUT2D eigenvalue weighted by molar-refractivity contribution is 0.0835. The van der Waals surface area contributed by atoms with E-state index in [0.717, 1.165) is 0 Å². The van der Waals surface area contributed by atoms with E-state index in [2.05, 4.69) is 17.5 Å². The lowest BCUT2D eigenvalue weighted by Crippen LogP contribution is -2.13. The van der Waals surface area contributed by atoms with Crippen molar-refractivity contribution in [2.75, 3.05) is 5.75 Å². The lowest BCUT2D eigenvalue weighted by Gasteiger charge is -1.99. The predicted molar refractivity (Wildman–Crippen MR) is 28.6 cm³/mol. The van der Waals surface area contributed by atoms with Gasteiger partial charge in [0.2, 0.25) is 0 Å². The third-order valence-corrected chi connectivity index (χ3v) is 1.00. The molecular weight excluding hydrogens is 98.1 g/mol. The first-order valence-corrected chi connectivity index (χ1v) is 2.41. The molecule has 0 aromatic carbocycles. The van der Waals surface area contributed by atoms with Gasteiger partial charge in [0, 0.05) is 5.75 Å². The van der Waals surface area contributed by atoms with Gasteiger partial charge in [-0.2, -0.15) is 12.6 Å². The van der Waals surface area contributed by atoms with Crippen LogP contribution in [0.2, 0.25) is 0 Å². The Kier molecular flexibility index (Phi) is 3.62. The number of hydrogen-bond acceptors (Lipinski definition) is 3. The van der Waals surface area contributed by atoms with Crippen molar-refractivity contribution in [3.63, 3.8) is 0 Å². The van der Waals surface area contributed by atoms with Crippen molar-refractivity contribution in [1.29, 1.82) is 0 Å². The van der Waals surface area contributed by atoms with Gasteiger partial charge in [-0.25, -0.2) is 5.90 Å². The molecule has 1 atom stereocenters. The molecule has 0 fully saturated rings. The van der Waals surface area contributed by atoms with Gasteiger partial charge in [-0.05, 0) is 6.92 Å². The van der Waals surface area contributed by atoms with Crippen molar-refractivity contribution < 1.29 is 4.84 Å². The van der Waals surface area contributed by atoms with E-state index in [0.29, 0.717) is 5.75 Å². The second-order valence-corrected chi connectivity index (χ2v) is 1.49. The third kappa shape index (κ3) is 2.50. The minimum Gasteiger partial charge on any atom is -0.301 e. The highest BCUT2D eigenvalue weighted by molar-refractivity contribution is 7.80. The van der Waals surface area contributed by atoms with Crippen LogP contribution in [0, 0.1) is 0 Å². The fourth-order valence-corrected chi connectivity index (χ4v) is 0.129. The quantitative estimate of drug-likeness (QED) is 0.390. The summed E-state index contributed by atoms with van der Waals surface area (Å²) in [5.41, 5.74) is 0. The van der Waals surface area contributed by atoms with E-state index in [-0.39, 0.29) is 6.10 Å². The summed E-state index contributed by atoms with van der Waals surface area (Å²) in [5, 5.41) is 0. The first-order valence-electron chi connectivity index (χ1n) is 1.77. The highest BCUT2D eigenvalue weighted by Crippen LogP contribution is 1.85. The Balaban J connectivity index is 2.75. The van der Waals surface area contributed by atoms with Gasteiger partial charge in [0.15, 0.2) is 0 Å². The standard InChI is InChI=1S/C3H9NOS/c1-3(2-6)5-4/h3,6H,2,4H2,1H3/t3-/m1/s1. The molecule has 0 saturated heterocycles. The average molecular weight is 107 g/mol. The molecule has 0 aromatic heterocycles. The summed E-state index contributed by atoms with van der Waals surface area (Å²) in [7, 11) is 0. The van der Waals surface area contributed by atoms with Gasteiger partial charge >= 0.3 is 0 Å². The van der Waals surface area contributed by atoms with Crippen molar-refractivity contribution in [2.45, 2.75) is 13.0 Å². The second-order valence-electron chi connectivity index (χ2n) is 1.13. The summed E-state index contributed by atoms with van der Waals surface area (Å²) >= 11 is 3.89. The van der Waals surface area contributed by atoms with Crippen LogP contribution < -0.4 is 5.90 Å². The van der Waals surface area contributed by atoms with Crippen LogP contribution in [-0.4, -0.2) is 11.9 Å². The van der Waals surface area contributed by atoms with E-state index in [1.807, 2.05) is 6.92 Å². The van der Waals surface area contributed by atoms with Crippen LogP contribution in [0.25, 0.3) is 0 Å². The summed E-state index contributed by atoms with van der Waals surface area (Å²) in [6.07, 6.45) is 0.0772. The fourth-order valence-electron chi connectivity index (χ4n) is 0.0430. The van der Waals surface area contributed by atoms with Crippen LogP contribution in [0.5, 0.6) is 0 Å². The van der Waals surface area contributed by atoms with E-state index < -0.39 is 0 Å². The number of hydrogen-bond donors (Lipinski definition) is 2.